The minimum Gasteiger partial charge on any atom is -0.262 e. The van der Waals surface area contributed by atoms with Gasteiger partial charge in [-0.25, -0.2) is 12.8 Å². The van der Waals surface area contributed by atoms with Gasteiger partial charge < -0.3 is 0 Å². The van der Waals surface area contributed by atoms with E-state index in [2.05, 4.69) is 0 Å². The van der Waals surface area contributed by atoms with Gasteiger partial charge in [-0.3, -0.25) is 4.31 Å². The topological polar surface area (TPSA) is 37.4 Å². The van der Waals surface area contributed by atoms with E-state index in [0.717, 1.165) is 0 Å². The summed E-state index contributed by atoms with van der Waals surface area (Å²) >= 11 is 6.11. The number of para-hydroxylation sites is 1. The van der Waals surface area contributed by atoms with E-state index < -0.39 is 10.0 Å². The van der Waals surface area contributed by atoms with E-state index in [1.165, 1.54) is 28.6 Å². The molecule has 0 unspecified atom stereocenters. The lowest BCUT2D eigenvalue weighted by molar-refractivity contribution is 0.590. The Balaban J connectivity index is 2.08. The predicted octanol–water partition coefficient (Wildman–Crippen LogP) is 4.87. The molecule has 0 fully saturated rings. The van der Waals surface area contributed by atoms with E-state index >= 15 is 0 Å². The highest BCUT2D eigenvalue weighted by Gasteiger charge is 2.27. The predicted molar refractivity (Wildman–Crippen MR) is 97.7 cm³/mol. The number of hydrogen-bond donors (Lipinski definition) is 0. The fourth-order valence-electron chi connectivity index (χ4n) is 2.44. The summed E-state index contributed by atoms with van der Waals surface area (Å²) in [5.41, 5.74) is 1.17. The van der Waals surface area contributed by atoms with E-state index in [4.69, 9.17) is 11.6 Å². The lowest BCUT2D eigenvalue weighted by Gasteiger charge is -2.25. The fourth-order valence-corrected chi connectivity index (χ4v) is 4.39. The van der Waals surface area contributed by atoms with Crippen LogP contribution in [0.1, 0.15) is 5.56 Å². The molecule has 3 aromatic rings. The third kappa shape index (κ3) is 3.83. The van der Waals surface area contributed by atoms with Gasteiger partial charge in [-0.1, -0.05) is 54.1 Å². The molecule has 0 aliphatic rings. The number of hydrogen-bond acceptors (Lipinski definition) is 2. The monoisotopic (exact) mass is 375 g/mol. The van der Waals surface area contributed by atoms with E-state index in [0.29, 0.717) is 11.3 Å². The minimum atomic E-state index is -3.89. The van der Waals surface area contributed by atoms with Gasteiger partial charge in [0, 0.05) is 0 Å². The highest BCUT2D eigenvalue weighted by atomic mass is 35.5. The molecule has 0 spiro atoms. The van der Waals surface area contributed by atoms with Gasteiger partial charge >= 0.3 is 0 Å². The van der Waals surface area contributed by atoms with Crippen molar-refractivity contribution in [3.8, 4) is 0 Å². The molecule has 6 heteroatoms. The van der Waals surface area contributed by atoms with Crippen molar-refractivity contribution in [1.82, 2.24) is 0 Å². The number of benzene rings is 3. The van der Waals surface area contributed by atoms with Crippen molar-refractivity contribution in [2.24, 2.45) is 0 Å². The van der Waals surface area contributed by atoms with Crippen LogP contribution in [0.5, 0.6) is 0 Å². The number of halogens is 2. The Hall–Kier alpha value is -2.37. The molecule has 3 rings (SSSR count). The molecule has 0 heterocycles. The highest BCUT2D eigenvalue weighted by molar-refractivity contribution is 7.93. The zero-order valence-corrected chi connectivity index (χ0v) is 14.7. The van der Waals surface area contributed by atoms with Gasteiger partial charge in [0.05, 0.1) is 17.3 Å². The average molecular weight is 376 g/mol. The molecule has 128 valence electrons. The second-order valence-corrected chi connectivity index (χ2v) is 7.64. The van der Waals surface area contributed by atoms with Gasteiger partial charge in [0.1, 0.15) is 10.7 Å². The van der Waals surface area contributed by atoms with Crippen molar-refractivity contribution in [3.63, 3.8) is 0 Å². The van der Waals surface area contributed by atoms with Crippen LogP contribution >= 0.6 is 11.6 Å². The van der Waals surface area contributed by atoms with Gasteiger partial charge in [-0.15, -0.1) is 0 Å². The summed E-state index contributed by atoms with van der Waals surface area (Å²) in [5, 5.41) is 0.155. The van der Waals surface area contributed by atoms with Gasteiger partial charge in [0.25, 0.3) is 10.0 Å². The summed E-state index contributed by atoms with van der Waals surface area (Å²) in [6, 6.07) is 20.8. The van der Waals surface area contributed by atoms with Gasteiger partial charge in [-0.05, 0) is 42.0 Å². The largest absolute Gasteiger partial charge is 0.266 e. The van der Waals surface area contributed by atoms with Gasteiger partial charge in [0.2, 0.25) is 0 Å². The Morgan fingerprint density at radius 3 is 2.08 bits per heavy atom. The number of nitrogens with zero attached hydrogens (tertiary/aromatic N) is 1. The summed E-state index contributed by atoms with van der Waals surface area (Å²) in [6.45, 7) is 0.0673. The molecule has 0 aliphatic carbocycles. The van der Waals surface area contributed by atoms with Crippen LogP contribution in [0.2, 0.25) is 5.02 Å². The fraction of sp³-hybridized carbons (Fsp3) is 0.0526. The molecule has 0 aromatic heterocycles. The lowest BCUT2D eigenvalue weighted by Crippen LogP contribution is -2.30. The van der Waals surface area contributed by atoms with Crippen molar-refractivity contribution < 1.29 is 12.8 Å². The molecule has 0 saturated carbocycles. The van der Waals surface area contributed by atoms with Crippen LogP contribution < -0.4 is 4.31 Å². The van der Waals surface area contributed by atoms with Gasteiger partial charge in [0.15, 0.2) is 0 Å². The third-order valence-corrected chi connectivity index (χ3v) is 5.96. The maximum Gasteiger partial charge on any atom is 0.266 e. The first kappa shape index (κ1) is 17.5. The molecule has 0 N–H and O–H groups in total. The van der Waals surface area contributed by atoms with Crippen molar-refractivity contribution in [2.75, 3.05) is 4.31 Å². The summed E-state index contributed by atoms with van der Waals surface area (Å²) in [6.07, 6.45) is 0. The smallest absolute Gasteiger partial charge is 0.262 e. The van der Waals surface area contributed by atoms with Crippen LogP contribution in [0.3, 0.4) is 0 Å². The molecule has 0 radical (unpaired) electrons. The maximum absolute atomic E-state index is 13.2. The van der Waals surface area contributed by atoms with Gasteiger partial charge in [-0.2, -0.15) is 0 Å². The standard InChI is InChI=1S/C19H15ClFNO2S/c20-18-8-4-5-9-19(18)25(23,24)22(17-6-2-1-3-7-17)14-15-10-12-16(21)13-11-15/h1-13H,14H2. The Morgan fingerprint density at radius 1 is 0.840 bits per heavy atom. The SMILES string of the molecule is O=S(=O)(c1ccccc1Cl)N(Cc1ccc(F)cc1)c1ccccc1. The van der Waals surface area contributed by atoms with E-state index in [1.807, 2.05) is 6.07 Å². The Morgan fingerprint density at radius 2 is 1.44 bits per heavy atom. The number of anilines is 1. The third-order valence-electron chi connectivity index (χ3n) is 3.69. The Kier molecular flexibility index (Phi) is 5.06. The lowest BCUT2D eigenvalue weighted by atomic mass is 10.2. The molecular formula is C19H15ClFNO2S. The zero-order valence-electron chi connectivity index (χ0n) is 13.1. The second kappa shape index (κ2) is 7.25. The summed E-state index contributed by atoms with van der Waals surface area (Å²) < 4.78 is 40.8. The molecular weight excluding hydrogens is 361 g/mol. The van der Waals surface area contributed by atoms with Crippen molar-refractivity contribution in [2.45, 2.75) is 11.4 Å². The van der Waals surface area contributed by atoms with E-state index in [-0.39, 0.29) is 22.3 Å². The molecule has 0 amide bonds. The molecule has 3 nitrogen and oxygen atoms in total. The zero-order chi connectivity index (χ0) is 17.9. The first-order valence-corrected chi connectivity index (χ1v) is 9.37. The van der Waals surface area contributed by atoms with Crippen LogP contribution in [-0.4, -0.2) is 8.42 Å². The van der Waals surface area contributed by atoms with Crippen molar-refractivity contribution >= 4 is 27.3 Å². The second-order valence-electron chi connectivity index (χ2n) is 5.40. The van der Waals surface area contributed by atoms with Crippen LogP contribution in [0.4, 0.5) is 10.1 Å². The average Bonchev–Trinajstić information content (AvgIpc) is 2.62. The summed E-state index contributed by atoms with van der Waals surface area (Å²) in [7, 11) is -3.89. The normalized spacial score (nSPS) is 11.3. The Labute approximate surface area is 151 Å². The van der Waals surface area contributed by atoms with Crippen molar-refractivity contribution in [1.29, 1.82) is 0 Å². The van der Waals surface area contributed by atoms with Crippen LogP contribution in [0, 0.1) is 5.82 Å². The number of sulfonamides is 1. The maximum atomic E-state index is 13.2. The molecule has 0 saturated heterocycles. The Bertz CT molecular complexity index is 960. The van der Waals surface area contributed by atoms with Crippen LogP contribution in [0.15, 0.2) is 83.8 Å². The molecule has 0 atom stereocenters. The first-order chi connectivity index (χ1) is 12.0. The molecule has 0 aliphatic heterocycles. The van der Waals surface area contributed by atoms with Crippen LogP contribution in [0.25, 0.3) is 0 Å². The quantitative estimate of drug-likeness (QED) is 0.637. The molecule has 0 bridgehead atoms. The van der Waals surface area contributed by atoms with E-state index in [9.17, 15) is 12.8 Å². The highest BCUT2D eigenvalue weighted by Crippen LogP contribution is 2.29. The summed E-state index contributed by atoms with van der Waals surface area (Å²) in [4.78, 5) is 0.0302. The van der Waals surface area contributed by atoms with Crippen molar-refractivity contribution in [3.05, 3.63) is 95.3 Å². The summed E-state index contributed by atoms with van der Waals surface area (Å²) in [5.74, 6) is -0.371. The first-order valence-electron chi connectivity index (χ1n) is 7.55. The van der Waals surface area contributed by atoms with E-state index in [1.54, 1.807) is 48.5 Å². The molecule has 25 heavy (non-hydrogen) atoms. The van der Waals surface area contributed by atoms with Crippen LogP contribution in [-0.2, 0) is 16.6 Å². The number of rotatable bonds is 5. The minimum absolute atomic E-state index is 0.0302. The molecule has 3 aromatic carbocycles.